The van der Waals surface area contributed by atoms with Crippen LogP contribution >= 0.6 is 11.3 Å². The maximum Gasteiger partial charge on any atom is 0.298 e. The Morgan fingerprint density at radius 2 is 1.69 bits per heavy atom. The molecule has 0 aliphatic carbocycles. The molecule has 2 aromatic heterocycles. The van der Waals surface area contributed by atoms with E-state index in [9.17, 15) is 14.4 Å². The third-order valence-corrected chi connectivity index (χ3v) is 11.6. The molecule has 1 fully saturated rings. The minimum atomic E-state index is -0.442. The van der Waals surface area contributed by atoms with Gasteiger partial charge in [-0.1, -0.05) is 80.8 Å². The maximum atomic E-state index is 13.5. The Bertz CT molecular complexity index is 2110. The van der Waals surface area contributed by atoms with E-state index in [0.717, 1.165) is 88.1 Å². The summed E-state index contributed by atoms with van der Waals surface area (Å²) in [6.07, 6.45) is 25.6. The molecule has 58 heavy (non-hydrogen) atoms. The molecular weight excluding hydrogens is 747 g/mol. The fourth-order valence-electron chi connectivity index (χ4n) is 7.52. The first kappa shape index (κ1) is 42.4. The number of nitrogen functional groups attached to an aromatic ring is 1. The number of allylic oxidation sites excluding steroid dienone is 6. The fraction of sp³-hybridized carbons (Fsp3) is 0.435. The van der Waals surface area contributed by atoms with Gasteiger partial charge in [0.15, 0.2) is 5.82 Å². The van der Waals surface area contributed by atoms with E-state index in [4.69, 9.17) is 10.5 Å². The molecular formula is C46H59N7O4S. The number of likely N-dealkylation sites (tertiary alicyclic amines) is 1. The summed E-state index contributed by atoms with van der Waals surface area (Å²) in [5, 5.41) is 6.28. The molecule has 0 saturated carbocycles. The number of nitrogens with one attached hydrogen (secondary N) is 2. The molecule has 11 nitrogen and oxygen atoms in total. The Hall–Kier alpha value is -5.20. The van der Waals surface area contributed by atoms with Gasteiger partial charge in [0, 0.05) is 37.8 Å². The van der Waals surface area contributed by atoms with E-state index in [1.807, 2.05) is 48.5 Å². The van der Waals surface area contributed by atoms with Crippen LogP contribution in [0.2, 0.25) is 0 Å². The summed E-state index contributed by atoms with van der Waals surface area (Å²) in [6.45, 7) is 6.51. The highest BCUT2D eigenvalue weighted by Gasteiger charge is 2.26. The molecule has 0 bridgehead atoms. The minimum Gasteiger partial charge on any atom is -0.490 e. The number of hydrogen-bond donors (Lipinski definition) is 3. The van der Waals surface area contributed by atoms with Crippen LogP contribution in [0.4, 0.5) is 17.2 Å². The van der Waals surface area contributed by atoms with Gasteiger partial charge in [-0.05, 0) is 94.3 Å². The Morgan fingerprint density at radius 3 is 2.52 bits per heavy atom. The lowest BCUT2D eigenvalue weighted by Gasteiger charge is -2.31. The minimum absolute atomic E-state index is 0.00767. The number of rotatable bonds is 21. The summed E-state index contributed by atoms with van der Waals surface area (Å²) in [7, 11) is 0. The van der Waals surface area contributed by atoms with Gasteiger partial charge in [-0.2, -0.15) is 0 Å². The number of benzene rings is 2. The van der Waals surface area contributed by atoms with E-state index in [-0.39, 0.29) is 23.7 Å². The molecule has 12 heteroatoms. The maximum absolute atomic E-state index is 13.5. The van der Waals surface area contributed by atoms with E-state index < -0.39 is 5.56 Å². The predicted molar refractivity (Wildman–Crippen MR) is 238 cm³/mol. The van der Waals surface area contributed by atoms with E-state index in [2.05, 4.69) is 68.8 Å². The van der Waals surface area contributed by atoms with Gasteiger partial charge in [0.25, 0.3) is 11.5 Å². The third kappa shape index (κ3) is 11.9. The van der Waals surface area contributed by atoms with Crippen molar-refractivity contribution in [3.05, 3.63) is 106 Å². The van der Waals surface area contributed by atoms with Crippen LogP contribution in [0.25, 0.3) is 16.0 Å². The van der Waals surface area contributed by atoms with Crippen LogP contribution in [0.1, 0.15) is 93.6 Å². The first-order chi connectivity index (χ1) is 28.4. The number of unbranched alkanes of at least 4 members (excludes halogenated alkanes) is 5. The second-order valence-corrected chi connectivity index (χ2v) is 16.0. The normalized spacial score (nSPS) is 15.8. The lowest BCUT2D eigenvalue weighted by molar-refractivity contribution is -0.121. The van der Waals surface area contributed by atoms with Crippen molar-refractivity contribution in [3.63, 3.8) is 0 Å². The molecule has 0 unspecified atom stereocenters. The molecule has 4 N–H and O–H groups in total. The van der Waals surface area contributed by atoms with Gasteiger partial charge in [0.1, 0.15) is 17.2 Å². The second-order valence-electron chi connectivity index (χ2n) is 15.0. The quantitative estimate of drug-likeness (QED) is 0.0565. The van der Waals surface area contributed by atoms with Crippen LogP contribution in [0.3, 0.4) is 0 Å². The van der Waals surface area contributed by atoms with Gasteiger partial charge in [-0.3, -0.25) is 19.0 Å². The van der Waals surface area contributed by atoms with Crippen molar-refractivity contribution in [2.24, 2.45) is 0 Å². The topological polar surface area (TPSA) is 135 Å². The van der Waals surface area contributed by atoms with Gasteiger partial charge in [0.2, 0.25) is 5.91 Å². The number of hydrogen-bond acceptors (Lipinski definition) is 9. The van der Waals surface area contributed by atoms with E-state index in [1.54, 1.807) is 6.07 Å². The zero-order chi connectivity index (χ0) is 40.5. The van der Waals surface area contributed by atoms with Crippen LogP contribution < -0.4 is 31.6 Å². The Morgan fingerprint density at radius 1 is 0.914 bits per heavy atom. The lowest BCUT2D eigenvalue weighted by Crippen LogP contribution is -2.37. The summed E-state index contributed by atoms with van der Waals surface area (Å²) in [5.41, 5.74) is 8.72. The first-order valence-corrected chi connectivity index (χ1v) is 21.9. The number of fused-ring (bicyclic) bond motifs is 2. The summed E-state index contributed by atoms with van der Waals surface area (Å²) >= 11 is 1.23. The van der Waals surface area contributed by atoms with Crippen molar-refractivity contribution in [1.82, 2.24) is 25.1 Å². The van der Waals surface area contributed by atoms with Gasteiger partial charge in [-0.15, -0.1) is 11.3 Å². The number of ether oxygens (including phenoxy) is 1. The SMILES string of the molecule is CC/C=C\C/C=C\C/C=C\CCCCCCCC(=O)NCCCN1CC[C@H](NC(=O)c2cc3c(nc(N)c(=O)n3-c3ccc4c(c3)N(c3ccccc3)CCO4)s2)C1. The number of carbonyl (C=O) groups is 2. The second kappa shape index (κ2) is 22.1. The highest BCUT2D eigenvalue weighted by Crippen LogP contribution is 2.38. The lowest BCUT2D eigenvalue weighted by atomic mass is 10.1. The number of amides is 2. The molecule has 4 aromatic rings. The Balaban J connectivity index is 0.902. The molecule has 4 heterocycles. The highest BCUT2D eigenvalue weighted by atomic mass is 32.1. The monoisotopic (exact) mass is 805 g/mol. The number of aromatic nitrogens is 2. The van der Waals surface area contributed by atoms with Crippen LogP contribution in [0.5, 0.6) is 5.75 Å². The van der Waals surface area contributed by atoms with E-state index in [0.29, 0.717) is 47.0 Å². The van der Waals surface area contributed by atoms with Crippen LogP contribution in [0.15, 0.2) is 95.8 Å². The van der Waals surface area contributed by atoms with Crippen LogP contribution in [0, 0.1) is 0 Å². The first-order valence-electron chi connectivity index (χ1n) is 21.1. The van der Waals surface area contributed by atoms with Crippen molar-refractivity contribution in [2.75, 3.05) is 50.0 Å². The molecule has 2 aliphatic rings. The smallest absolute Gasteiger partial charge is 0.298 e. The molecule has 2 amide bonds. The Labute approximate surface area is 346 Å². The van der Waals surface area contributed by atoms with Gasteiger partial charge >= 0.3 is 0 Å². The van der Waals surface area contributed by atoms with Crippen molar-refractivity contribution in [2.45, 2.75) is 90.0 Å². The molecule has 308 valence electrons. The van der Waals surface area contributed by atoms with Crippen molar-refractivity contribution >= 4 is 50.7 Å². The molecule has 0 radical (unpaired) electrons. The fourth-order valence-corrected chi connectivity index (χ4v) is 8.45. The van der Waals surface area contributed by atoms with Gasteiger partial charge < -0.3 is 30.9 Å². The summed E-state index contributed by atoms with van der Waals surface area (Å²) in [4.78, 5) is 49.3. The summed E-state index contributed by atoms with van der Waals surface area (Å²) < 4.78 is 7.49. The number of para-hydroxylation sites is 1. The number of nitrogens with two attached hydrogens (primary N) is 1. The van der Waals surface area contributed by atoms with Crippen LogP contribution in [-0.4, -0.2) is 71.6 Å². The molecule has 6 rings (SSSR count). The molecule has 0 spiro atoms. The number of nitrogens with zero attached hydrogens (tertiary/aromatic N) is 4. The number of carbonyl (C=O) groups excluding carboxylic acids is 2. The zero-order valence-corrected chi connectivity index (χ0v) is 34.7. The molecule has 2 aliphatic heterocycles. The average molecular weight is 806 g/mol. The van der Waals surface area contributed by atoms with Crippen molar-refractivity contribution in [1.29, 1.82) is 0 Å². The molecule has 2 aromatic carbocycles. The Kier molecular flexibility index (Phi) is 16.1. The average Bonchev–Trinajstić information content (AvgIpc) is 3.88. The number of thiophene rings is 1. The highest BCUT2D eigenvalue weighted by molar-refractivity contribution is 7.20. The third-order valence-electron chi connectivity index (χ3n) is 10.6. The standard InChI is InChI=1S/C46H59N7O4S/c1-2-3-4-5-6-7-8-9-10-11-12-13-14-15-19-23-42(54)48-27-20-28-51-29-26-35(34-51)49-44(55)41-33-39-45(58-41)50-43(47)46(56)53(39)37-24-25-40-38(32-37)52(30-31-57-40)36-21-17-16-18-22-36/h3-4,6-7,9-10,16-18,21-22,24-25,32-33,35H,2,5,8,11-15,19-20,23,26-31,34H2,1H3,(H2,47,50)(H,48,54)(H,49,55)/b4-3-,7-6-,10-9-/t35-/m0/s1. The summed E-state index contributed by atoms with van der Waals surface area (Å²) in [6, 6.07) is 17.4. The molecule has 1 atom stereocenters. The number of anilines is 3. The summed E-state index contributed by atoms with van der Waals surface area (Å²) in [5.74, 6) is 0.540. The molecule has 1 saturated heterocycles. The van der Waals surface area contributed by atoms with Gasteiger partial charge in [-0.25, -0.2) is 4.98 Å². The van der Waals surface area contributed by atoms with Gasteiger partial charge in [0.05, 0.1) is 28.3 Å². The zero-order valence-electron chi connectivity index (χ0n) is 33.9. The van der Waals surface area contributed by atoms with Crippen molar-refractivity contribution < 1.29 is 14.3 Å². The van der Waals surface area contributed by atoms with Crippen LogP contribution in [-0.2, 0) is 4.79 Å². The van der Waals surface area contributed by atoms with E-state index >= 15 is 0 Å². The van der Waals surface area contributed by atoms with E-state index in [1.165, 1.54) is 35.2 Å². The van der Waals surface area contributed by atoms with Crippen molar-refractivity contribution in [3.8, 4) is 11.4 Å². The predicted octanol–water partition coefficient (Wildman–Crippen LogP) is 8.46. The largest absolute Gasteiger partial charge is 0.490 e.